The molecule has 1 unspecified atom stereocenters. The molecular weight excluding hydrogens is 559 g/mol. The van der Waals surface area contributed by atoms with Crippen LogP contribution in [0.25, 0.3) is 11.1 Å². The van der Waals surface area contributed by atoms with Gasteiger partial charge in [-0.1, -0.05) is 30.3 Å². The molecule has 0 saturated carbocycles. The SMILES string of the molecule is Nc1nc(O[C@H](c2ccc(-c3ccc(C(=O)O)c(O)c3)cc2)C(F)(F)F)cc(N2CCC3(CC2)CNC(C(=O)O)C3)n1. The van der Waals surface area contributed by atoms with Crippen LogP contribution < -0.4 is 20.7 Å². The van der Waals surface area contributed by atoms with Crippen molar-refractivity contribution >= 4 is 23.7 Å². The fourth-order valence-corrected chi connectivity index (χ4v) is 5.52. The fraction of sp³-hybridized carbons (Fsp3) is 0.357. The minimum atomic E-state index is -4.81. The van der Waals surface area contributed by atoms with Crippen LogP contribution in [0.5, 0.6) is 11.6 Å². The number of aliphatic carboxylic acids is 1. The summed E-state index contributed by atoms with van der Waals surface area (Å²) >= 11 is 0. The van der Waals surface area contributed by atoms with Crippen LogP contribution in [0.1, 0.15) is 41.3 Å². The van der Waals surface area contributed by atoms with E-state index in [2.05, 4.69) is 15.3 Å². The maximum absolute atomic E-state index is 14.2. The second kappa shape index (κ2) is 11.0. The summed E-state index contributed by atoms with van der Waals surface area (Å²) in [7, 11) is 0. The molecule has 2 aromatic carbocycles. The van der Waals surface area contributed by atoms with Crippen LogP contribution in [0.15, 0.2) is 48.5 Å². The molecule has 1 spiro atoms. The third kappa shape index (κ3) is 6.03. The number of hydrogen-bond acceptors (Lipinski definition) is 9. The van der Waals surface area contributed by atoms with Gasteiger partial charge in [0.05, 0.1) is 0 Å². The summed E-state index contributed by atoms with van der Waals surface area (Å²) in [5, 5.41) is 31.4. The van der Waals surface area contributed by atoms with Gasteiger partial charge in [-0.15, -0.1) is 0 Å². The molecule has 222 valence electrons. The Bertz CT molecular complexity index is 1490. The zero-order valence-corrected chi connectivity index (χ0v) is 22.1. The molecule has 11 nitrogen and oxygen atoms in total. The van der Waals surface area contributed by atoms with E-state index in [0.29, 0.717) is 55.8 Å². The first kappa shape index (κ1) is 28.9. The number of ether oxygens (including phenoxy) is 1. The highest BCUT2D eigenvalue weighted by atomic mass is 19.4. The molecule has 2 aliphatic rings. The summed E-state index contributed by atoms with van der Waals surface area (Å²) < 4.78 is 47.8. The highest BCUT2D eigenvalue weighted by Crippen LogP contribution is 2.41. The normalized spacial score (nSPS) is 19.0. The minimum absolute atomic E-state index is 0.165. The number of aromatic nitrogens is 2. The van der Waals surface area contributed by atoms with Gasteiger partial charge in [0.1, 0.15) is 23.2 Å². The number of benzene rings is 2. The van der Waals surface area contributed by atoms with Crippen molar-refractivity contribution in [1.29, 1.82) is 0 Å². The van der Waals surface area contributed by atoms with Gasteiger partial charge in [-0.2, -0.15) is 23.1 Å². The Balaban J connectivity index is 1.32. The van der Waals surface area contributed by atoms with Gasteiger partial charge in [-0.05, 0) is 47.9 Å². The molecule has 2 saturated heterocycles. The first-order valence-corrected chi connectivity index (χ1v) is 13.1. The summed E-state index contributed by atoms with van der Waals surface area (Å²) in [5.74, 6) is -2.96. The highest BCUT2D eigenvalue weighted by molar-refractivity contribution is 5.91. The van der Waals surface area contributed by atoms with Gasteiger partial charge in [-0.3, -0.25) is 4.79 Å². The largest absolute Gasteiger partial charge is 0.507 e. The number of carboxylic acids is 2. The number of rotatable bonds is 7. The Morgan fingerprint density at radius 2 is 1.71 bits per heavy atom. The topological polar surface area (TPSA) is 171 Å². The number of nitrogens with two attached hydrogens (primary N) is 1. The Morgan fingerprint density at radius 3 is 2.29 bits per heavy atom. The number of phenols is 1. The molecular formula is C28H28F3N5O6. The van der Waals surface area contributed by atoms with Crippen molar-refractivity contribution in [2.75, 3.05) is 30.3 Å². The zero-order chi connectivity index (χ0) is 30.2. The van der Waals surface area contributed by atoms with Crippen LogP contribution in [0.3, 0.4) is 0 Å². The molecule has 1 aromatic heterocycles. The van der Waals surface area contributed by atoms with Crippen LogP contribution >= 0.6 is 0 Å². The zero-order valence-electron chi connectivity index (χ0n) is 22.1. The van der Waals surface area contributed by atoms with Gasteiger partial charge in [0.2, 0.25) is 17.9 Å². The van der Waals surface area contributed by atoms with Crippen molar-refractivity contribution in [3.8, 4) is 22.8 Å². The van der Waals surface area contributed by atoms with Crippen LogP contribution in [-0.4, -0.2) is 69.1 Å². The van der Waals surface area contributed by atoms with Gasteiger partial charge in [0, 0.05) is 31.3 Å². The highest BCUT2D eigenvalue weighted by Gasteiger charge is 2.45. The molecule has 2 fully saturated rings. The Morgan fingerprint density at radius 1 is 1.05 bits per heavy atom. The number of halogens is 3. The molecule has 14 heteroatoms. The van der Waals surface area contributed by atoms with Crippen molar-refractivity contribution in [2.24, 2.45) is 5.41 Å². The summed E-state index contributed by atoms with van der Waals surface area (Å²) in [6.45, 7) is 1.60. The second-order valence-corrected chi connectivity index (χ2v) is 10.6. The lowest BCUT2D eigenvalue weighted by Crippen LogP contribution is -2.41. The quantitative estimate of drug-likeness (QED) is 0.272. The summed E-state index contributed by atoms with van der Waals surface area (Å²) in [4.78, 5) is 32.4. The third-order valence-electron chi connectivity index (χ3n) is 7.82. The number of nitrogen functional groups attached to an aromatic ring is 1. The first-order valence-electron chi connectivity index (χ1n) is 13.1. The average Bonchev–Trinajstić information content (AvgIpc) is 3.35. The summed E-state index contributed by atoms with van der Waals surface area (Å²) in [5.41, 5.74) is 6.04. The van der Waals surface area contributed by atoms with E-state index in [9.17, 15) is 33.0 Å². The molecule has 3 heterocycles. The molecule has 5 rings (SSSR count). The lowest BCUT2D eigenvalue weighted by molar-refractivity contribution is -0.198. The lowest BCUT2D eigenvalue weighted by atomic mass is 9.76. The number of aromatic hydroxyl groups is 1. The van der Waals surface area contributed by atoms with E-state index < -0.39 is 36.0 Å². The van der Waals surface area contributed by atoms with Crippen LogP contribution in [0.2, 0.25) is 0 Å². The number of carbonyl (C=O) groups is 2. The van der Waals surface area contributed by atoms with Gasteiger partial charge in [0.25, 0.3) is 0 Å². The standard InChI is InChI=1S/C28H28F3N5O6/c29-28(30,31)23(16-3-1-15(2-4-16)17-5-6-18(24(38)39)20(37)11-17)42-22-12-21(34-26(32)35-22)36-9-7-27(8-10-36)13-19(25(40)41)33-14-27/h1-6,11-12,19,23,33,37H,7-10,13-14H2,(H,38,39)(H,40,41)(H2,32,34,35)/t19?,23-/m1/s1. The molecule has 0 aliphatic carbocycles. The van der Waals surface area contributed by atoms with Gasteiger partial charge in [0.15, 0.2) is 0 Å². The summed E-state index contributed by atoms with van der Waals surface area (Å²) in [6.07, 6.45) is -5.32. The molecule has 3 aromatic rings. The maximum Gasteiger partial charge on any atom is 0.429 e. The van der Waals surface area contributed by atoms with Crippen LogP contribution in [-0.2, 0) is 4.79 Å². The third-order valence-corrected chi connectivity index (χ3v) is 7.82. The van der Waals surface area contributed by atoms with E-state index in [-0.39, 0.29) is 28.4 Å². The number of nitrogens with one attached hydrogen (secondary N) is 1. The summed E-state index contributed by atoms with van der Waals surface area (Å²) in [6, 6.07) is 9.85. The molecule has 0 amide bonds. The van der Waals surface area contributed by atoms with Crippen molar-refractivity contribution in [2.45, 2.75) is 37.6 Å². The van der Waals surface area contributed by atoms with Crippen LogP contribution in [0.4, 0.5) is 24.9 Å². The van der Waals surface area contributed by atoms with E-state index >= 15 is 0 Å². The minimum Gasteiger partial charge on any atom is -0.507 e. The maximum atomic E-state index is 14.2. The Hall–Kier alpha value is -4.59. The predicted octanol–water partition coefficient (Wildman–Crippen LogP) is 3.85. The van der Waals surface area contributed by atoms with E-state index in [4.69, 9.17) is 15.6 Å². The number of aromatic carboxylic acids is 1. The smallest absolute Gasteiger partial charge is 0.429 e. The van der Waals surface area contributed by atoms with E-state index in [1.165, 1.54) is 48.5 Å². The van der Waals surface area contributed by atoms with E-state index in [0.717, 1.165) is 0 Å². The first-order chi connectivity index (χ1) is 19.8. The molecule has 0 radical (unpaired) electrons. The second-order valence-electron chi connectivity index (χ2n) is 10.6. The number of hydrogen-bond donors (Lipinski definition) is 5. The van der Waals surface area contributed by atoms with Crippen molar-refractivity contribution in [3.05, 3.63) is 59.7 Å². The van der Waals surface area contributed by atoms with Gasteiger partial charge in [-0.25, -0.2) is 4.79 Å². The van der Waals surface area contributed by atoms with Crippen molar-refractivity contribution < 1.29 is 42.8 Å². The molecule has 42 heavy (non-hydrogen) atoms. The number of alkyl halides is 3. The monoisotopic (exact) mass is 587 g/mol. The Kier molecular flexibility index (Phi) is 7.58. The molecule has 2 aliphatic heterocycles. The lowest BCUT2D eigenvalue weighted by Gasteiger charge is -2.39. The molecule has 0 bridgehead atoms. The number of nitrogens with zero attached hydrogens (tertiary/aromatic N) is 3. The van der Waals surface area contributed by atoms with Crippen LogP contribution in [0, 0.1) is 5.41 Å². The van der Waals surface area contributed by atoms with Gasteiger partial charge >= 0.3 is 18.1 Å². The number of carboxylic acid groups (broad SMARTS) is 2. The van der Waals surface area contributed by atoms with Crippen molar-refractivity contribution in [1.82, 2.24) is 15.3 Å². The fourth-order valence-electron chi connectivity index (χ4n) is 5.52. The van der Waals surface area contributed by atoms with E-state index in [1.54, 1.807) is 0 Å². The molecule has 2 atom stereocenters. The Labute approximate surface area is 237 Å². The number of piperidine rings is 1. The van der Waals surface area contributed by atoms with Gasteiger partial charge < -0.3 is 36.0 Å². The average molecular weight is 588 g/mol. The molecule has 6 N–H and O–H groups in total. The van der Waals surface area contributed by atoms with Crippen molar-refractivity contribution in [3.63, 3.8) is 0 Å². The predicted molar refractivity (Wildman–Crippen MR) is 144 cm³/mol. The number of anilines is 2. The van der Waals surface area contributed by atoms with E-state index in [1.807, 2.05) is 4.90 Å².